The monoisotopic (exact) mass is 265 g/mol. The van der Waals surface area contributed by atoms with Gasteiger partial charge in [-0.2, -0.15) is 0 Å². The number of methoxy groups -OCH3 is 1. The van der Waals surface area contributed by atoms with Gasteiger partial charge >= 0.3 is 0 Å². The number of rotatable bonds is 1. The molecule has 1 aliphatic rings. The third kappa shape index (κ3) is 1.79. The van der Waals surface area contributed by atoms with Gasteiger partial charge in [0, 0.05) is 16.8 Å². The Hall–Kier alpha value is -1.52. The van der Waals surface area contributed by atoms with Gasteiger partial charge in [0.25, 0.3) is 0 Å². The van der Waals surface area contributed by atoms with Gasteiger partial charge in [-0.05, 0) is 12.1 Å². The van der Waals surface area contributed by atoms with Crippen LogP contribution in [0, 0.1) is 0 Å². The third-order valence-corrected chi connectivity index (χ3v) is 3.46. The minimum Gasteiger partial charge on any atom is -0.497 e. The summed E-state index contributed by atoms with van der Waals surface area (Å²) < 4.78 is 10.9. The van der Waals surface area contributed by atoms with E-state index in [2.05, 4.69) is 4.99 Å². The van der Waals surface area contributed by atoms with Gasteiger partial charge in [-0.3, -0.25) is 0 Å². The first-order valence-electron chi connectivity index (χ1n) is 4.94. The van der Waals surface area contributed by atoms with E-state index in [1.165, 1.54) is 11.3 Å². The molecule has 0 aliphatic carbocycles. The van der Waals surface area contributed by atoms with Crippen LogP contribution in [0.2, 0.25) is 0 Å². The van der Waals surface area contributed by atoms with Crippen molar-refractivity contribution in [2.45, 2.75) is 0 Å². The summed E-state index contributed by atoms with van der Waals surface area (Å²) in [5.41, 5.74) is 1.53. The van der Waals surface area contributed by atoms with Crippen LogP contribution in [0.5, 0.6) is 17.2 Å². The van der Waals surface area contributed by atoms with E-state index in [0.717, 1.165) is 17.1 Å². The number of thiophene rings is 1. The molecule has 5 heteroatoms. The Kier molecular flexibility index (Phi) is 2.53. The van der Waals surface area contributed by atoms with E-state index < -0.39 is 0 Å². The molecule has 2 aromatic rings. The molecule has 1 aromatic heterocycles. The second-order valence-electron chi connectivity index (χ2n) is 3.49. The molecule has 86 valence electrons. The fraction of sp³-hybridized carbons (Fsp3) is 0.0833. The fourth-order valence-corrected chi connectivity index (χ4v) is 2.63. The molecular weight excluding hydrogens is 258 g/mol. The Bertz CT molecular complexity index is 606. The minimum absolute atomic E-state index is 0.449. The van der Waals surface area contributed by atoms with E-state index in [1.54, 1.807) is 13.2 Å². The number of nitrogens with zero attached hydrogens (tertiary/aromatic N) is 1. The van der Waals surface area contributed by atoms with Gasteiger partial charge in [0.15, 0.2) is 5.75 Å². The first kappa shape index (κ1) is 10.6. The van der Waals surface area contributed by atoms with E-state index >= 15 is 0 Å². The summed E-state index contributed by atoms with van der Waals surface area (Å²) in [4.78, 5) is 4.34. The van der Waals surface area contributed by atoms with Crippen LogP contribution in [0.3, 0.4) is 0 Å². The predicted molar refractivity (Wildman–Crippen MR) is 69.4 cm³/mol. The highest BCUT2D eigenvalue weighted by Gasteiger charge is 2.18. The lowest BCUT2D eigenvalue weighted by molar-refractivity contribution is 0.409. The summed E-state index contributed by atoms with van der Waals surface area (Å²) in [5.74, 6) is 2.11. The molecule has 0 atom stereocenters. The molecule has 1 aromatic carbocycles. The molecule has 3 rings (SSSR count). The van der Waals surface area contributed by atoms with E-state index in [4.69, 9.17) is 21.1 Å². The molecule has 0 saturated heterocycles. The first-order valence-corrected chi connectivity index (χ1v) is 6.26. The summed E-state index contributed by atoms with van der Waals surface area (Å²) in [6.45, 7) is 0. The Morgan fingerprint density at radius 1 is 1.29 bits per heavy atom. The number of hydrogen-bond donors (Lipinski definition) is 0. The van der Waals surface area contributed by atoms with Crippen LogP contribution >= 0.6 is 22.9 Å². The van der Waals surface area contributed by atoms with Crippen LogP contribution in [0.25, 0.3) is 0 Å². The van der Waals surface area contributed by atoms with E-state index in [0.29, 0.717) is 16.6 Å². The molecule has 0 radical (unpaired) electrons. The fourth-order valence-electron chi connectivity index (χ4n) is 1.59. The highest BCUT2D eigenvalue weighted by molar-refractivity contribution is 7.08. The number of halogens is 1. The van der Waals surface area contributed by atoms with Gasteiger partial charge in [0.1, 0.15) is 22.4 Å². The van der Waals surface area contributed by atoms with Crippen molar-refractivity contribution in [2.75, 3.05) is 7.11 Å². The zero-order chi connectivity index (χ0) is 11.8. The molecule has 0 saturated carbocycles. The van der Waals surface area contributed by atoms with Crippen LogP contribution in [0.15, 0.2) is 34.0 Å². The van der Waals surface area contributed by atoms with E-state index in [9.17, 15) is 0 Å². The third-order valence-electron chi connectivity index (χ3n) is 2.45. The topological polar surface area (TPSA) is 30.8 Å². The van der Waals surface area contributed by atoms with Crippen molar-refractivity contribution in [3.05, 3.63) is 34.5 Å². The van der Waals surface area contributed by atoms with E-state index in [1.807, 2.05) is 22.9 Å². The SMILES string of the molecule is COc1ccc2c(c1)Oc1cscc1C(Cl)=N2. The lowest BCUT2D eigenvalue weighted by Crippen LogP contribution is -1.88. The molecule has 17 heavy (non-hydrogen) atoms. The summed E-state index contributed by atoms with van der Waals surface area (Å²) >= 11 is 7.67. The molecular formula is C12H8ClNO2S. The van der Waals surface area contributed by atoms with Crippen LogP contribution in [-0.4, -0.2) is 12.3 Å². The molecule has 2 heterocycles. The van der Waals surface area contributed by atoms with Crippen LogP contribution in [0.1, 0.15) is 5.56 Å². The Morgan fingerprint density at radius 3 is 3.00 bits per heavy atom. The maximum absolute atomic E-state index is 6.14. The largest absolute Gasteiger partial charge is 0.497 e. The van der Waals surface area contributed by atoms with Crippen LogP contribution < -0.4 is 9.47 Å². The number of fused-ring (bicyclic) bond motifs is 2. The van der Waals surface area contributed by atoms with Crippen molar-refractivity contribution in [2.24, 2.45) is 4.99 Å². The highest BCUT2D eigenvalue weighted by atomic mass is 35.5. The normalized spacial score (nSPS) is 12.9. The lowest BCUT2D eigenvalue weighted by Gasteiger charge is -2.07. The lowest BCUT2D eigenvalue weighted by atomic mass is 10.3. The second-order valence-corrected chi connectivity index (χ2v) is 4.59. The van der Waals surface area contributed by atoms with Crippen molar-refractivity contribution in [3.8, 4) is 17.2 Å². The Balaban J connectivity index is 2.17. The van der Waals surface area contributed by atoms with Gasteiger partial charge in [0.2, 0.25) is 0 Å². The molecule has 0 unspecified atom stereocenters. The zero-order valence-corrected chi connectivity index (χ0v) is 10.5. The highest BCUT2D eigenvalue weighted by Crippen LogP contribution is 2.41. The van der Waals surface area contributed by atoms with Gasteiger partial charge in [-0.25, -0.2) is 4.99 Å². The van der Waals surface area contributed by atoms with Crippen molar-refractivity contribution in [1.29, 1.82) is 0 Å². The molecule has 0 spiro atoms. The molecule has 3 nitrogen and oxygen atoms in total. The standard InChI is InChI=1S/C12H8ClNO2S/c1-15-7-2-3-9-10(4-7)16-11-6-17-5-8(11)12(13)14-9/h2-6H,1H3. The summed E-state index contributed by atoms with van der Waals surface area (Å²) in [7, 11) is 1.62. The molecule has 0 N–H and O–H groups in total. The first-order chi connectivity index (χ1) is 8.28. The maximum Gasteiger partial charge on any atom is 0.156 e. The summed E-state index contributed by atoms with van der Waals surface area (Å²) in [6.07, 6.45) is 0. The van der Waals surface area contributed by atoms with Crippen LogP contribution in [0.4, 0.5) is 5.69 Å². The van der Waals surface area contributed by atoms with Crippen LogP contribution in [-0.2, 0) is 0 Å². The van der Waals surface area contributed by atoms with Crippen molar-refractivity contribution >= 4 is 33.8 Å². The molecule has 1 aliphatic heterocycles. The van der Waals surface area contributed by atoms with Crippen molar-refractivity contribution in [3.63, 3.8) is 0 Å². The number of ether oxygens (including phenoxy) is 2. The summed E-state index contributed by atoms with van der Waals surface area (Å²) in [6, 6.07) is 5.45. The predicted octanol–water partition coefficient (Wildman–Crippen LogP) is 4.18. The second kappa shape index (κ2) is 4.05. The number of benzene rings is 1. The average Bonchev–Trinajstić information content (AvgIpc) is 2.75. The average molecular weight is 266 g/mol. The minimum atomic E-state index is 0.449. The quantitative estimate of drug-likeness (QED) is 0.774. The maximum atomic E-state index is 6.14. The van der Waals surface area contributed by atoms with Gasteiger partial charge in [-0.1, -0.05) is 11.6 Å². The van der Waals surface area contributed by atoms with E-state index in [-0.39, 0.29) is 0 Å². The zero-order valence-electron chi connectivity index (χ0n) is 8.94. The van der Waals surface area contributed by atoms with Crippen molar-refractivity contribution < 1.29 is 9.47 Å². The Morgan fingerprint density at radius 2 is 2.18 bits per heavy atom. The van der Waals surface area contributed by atoms with Gasteiger partial charge in [0.05, 0.1) is 12.7 Å². The Labute approximate surface area is 107 Å². The smallest absolute Gasteiger partial charge is 0.156 e. The van der Waals surface area contributed by atoms with Crippen molar-refractivity contribution in [1.82, 2.24) is 0 Å². The summed E-state index contributed by atoms with van der Waals surface area (Å²) in [5, 5.41) is 4.27. The number of hydrogen-bond acceptors (Lipinski definition) is 4. The molecule has 0 bridgehead atoms. The molecule has 0 amide bonds. The van der Waals surface area contributed by atoms with Gasteiger partial charge < -0.3 is 9.47 Å². The molecule has 0 fully saturated rings. The van der Waals surface area contributed by atoms with Gasteiger partial charge in [-0.15, -0.1) is 11.3 Å². The number of aliphatic imine (C=N–C) groups is 1.